The lowest BCUT2D eigenvalue weighted by molar-refractivity contribution is -0.117. The second-order valence-corrected chi connectivity index (χ2v) is 7.48. The van der Waals surface area contributed by atoms with Gasteiger partial charge in [0.1, 0.15) is 6.54 Å². The molecule has 160 valence electrons. The summed E-state index contributed by atoms with van der Waals surface area (Å²) in [7, 11) is 0. The van der Waals surface area contributed by atoms with Crippen LogP contribution >= 0.6 is 11.6 Å². The molecular weight excluding hydrogens is 428 g/mol. The zero-order valence-electron chi connectivity index (χ0n) is 16.9. The van der Waals surface area contributed by atoms with Crippen LogP contribution in [0.25, 0.3) is 10.9 Å². The van der Waals surface area contributed by atoms with Crippen LogP contribution in [-0.4, -0.2) is 28.0 Å². The van der Waals surface area contributed by atoms with Gasteiger partial charge in [0.2, 0.25) is 5.88 Å². The van der Waals surface area contributed by atoms with Crippen molar-refractivity contribution in [3.8, 4) is 5.88 Å². The molecule has 0 radical (unpaired) electrons. The minimum absolute atomic E-state index is 0.0863. The third-order valence-corrected chi connectivity index (χ3v) is 5.12. The molecule has 1 aromatic heterocycles. The summed E-state index contributed by atoms with van der Waals surface area (Å²) >= 11 is 5.81. The minimum Gasteiger partial charge on any atom is -0.493 e. The van der Waals surface area contributed by atoms with E-state index in [9.17, 15) is 14.7 Å². The summed E-state index contributed by atoms with van der Waals surface area (Å²) in [6, 6.07) is 23.3. The molecular formula is C24H19ClN4O3. The number of hydrogen-bond acceptors (Lipinski definition) is 4. The predicted octanol–water partition coefficient (Wildman–Crippen LogP) is 5.09. The molecule has 2 amide bonds. The normalized spacial score (nSPS) is 11.2. The summed E-state index contributed by atoms with van der Waals surface area (Å²) in [4.78, 5) is 24.3. The molecule has 0 aliphatic rings. The Balaban J connectivity index is 1.51. The average molecular weight is 447 g/mol. The molecule has 0 unspecified atom stereocenters. The predicted molar refractivity (Wildman–Crippen MR) is 122 cm³/mol. The Labute approximate surface area is 189 Å². The summed E-state index contributed by atoms with van der Waals surface area (Å²) < 4.78 is 1.71. The maximum atomic E-state index is 12.2. The number of benzene rings is 3. The molecule has 0 aliphatic carbocycles. The van der Waals surface area contributed by atoms with Crippen molar-refractivity contribution in [2.24, 2.45) is 10.2 Å². The topological polar surface area (TPSA) is 96.1 Å². The Morgan fingerprint density at radius 1 is 0.938 bits per heavy atom. The SMILES string of the molecule is O=C(CNC(=O)c1ccc(Cl)cc1)N=Nc1c(O)n(Cc2ccccc2)c2ccccc12. The van der Waals surface area contributed by atoms with Crippen LogP contribution in [0, 0.1) is 0 Å². The van der Waals surface area contributed by atoms with Crippen molar-refractivity contribution in [3.63, 3.8) is 0 Å². The number of aromatic nitrogens is 1. The minimum atomic E-state index is -0.647. The van der Waals surface area contributed by atoms with Gasteiger partial charge in [-0.15, -0.1) is 10.2 Å². The molecule has 2 N–H and O–H groups in total. The van der Waals surface area contributed by atoms with E-state index in [4.69, 9.17) is 11.6 Å². The first-order valence-corrected chi connectivity index (χ1v) is 10.2. The molecule has 7 nitrogen and oxygen atoms in total. The van der Waals surface area contributed by atoms with E-state index in [0.29, 0.717) is 22.5 Å². The van der Waals surface area contributed by atoms with Crippen molar-refractivity contribution in [2.45, 2.75) is 6.54 Å². The number of hydrogen-bond donors (Lipinski definition) is 2. The number of amides is 2. The highest BCUT2D eigenvalue weighted by Gasteiger charge is 2.17. The third-order valence-electron chi connectivity index (χ3n) is 4.87. The van der Waals surface area contributed by atoms with Gasteiger partial charge in [0, 0.05) is 16.0 Å². The molecule has 0 saturated heterocycles. The number of nitrogens with zero attached hydrogens (tertiary/aromatic N) is 3. The molecule has 32 heavy (non-hydrogen) atoms. The summed E-state index contributed by atoms with van der Waals surface area (Å²) in [6.45, 7) is 0.113. The van der Waals surface area contributed by atoms with E-state index < -0.39 is 11.8 Å². The van der Waals surface area contributed by atoms with Crippen molar-refractivity contribution < 1.29 is 14.7 Å². The van der Waals surface area contributed by atoms with Gasteiger partial charge in [0.15, 0.2) is 5.69 Å². The lowest BCUT2D eigenvalue weighted by Gasteiger charge is -2.06. The number of carbonyl (C=O) groups is 2. The van der Waals surface area contributed by atoms with E-state index in [-0.39, 0.29) is 18.1 Å². The van der Waals surface area contributed by atoms with Gasteiger partial charge in [0.05, 0.1) is 12.1 Å². The zero-order valence-corrected chi connectivity index (χ0v) is 17.7. The standard InChI is InChI=1S/C24H19ClN4O3/c25-18-12-10-17(11-13-18)23(31)26-14-21(30)27-28-22-19-8-4-5-9-20(19)29(24(22)32)15-16-6-2-1-3-7-16/h1-13,32H,14-15H2,(H,26,31). The summed E-state index contributed by atoms with van der Waals surface area (Å²) in [5.74, 6) is -1.16. The number of carbonyl (C=O) groups excluding carboxylic acids is 2. The highest BCUT2D eigenvalue weighted by molar-refractivity contribution is 6.30. The van der Waals surface area contributed by atoms with Crippen LogP contribution in [0.5, 0.6) is 5.88 Å². The Bertz CT molecular complexity index is 1300. The maximum absolute atomic E-state index is 12.2. The van der Waals surface area contributed by atoms with Gasteiger partial charge in [-0.1, -0.05) is 60.1 Å². The smallest absolute Gasteiger partial charge is 0.283 e. The van der Waals surface area contributed by atoms with Gasteiger partial charge in [-0.25, -0.2) is 0 Å². The van der Waals surface area contributed by atoms with Crippen LogP contribution in [0.3, 0.4) is 0 Å². The largest absolute Gasteiger partial charge is 0.493 e. The summed E-state index contributed by atoms with van der Waals surface area (Å²) in [5.41, 5.74) is 2.36. The van der Waals surface area contributed by atoms with Crippen molar-refractivity contribution in [1.29, 1.82) is 0 Å². The molecule has 3 aromatic carbocycles. The average Bonchev–Trinajstić information content (AvgIpc) is 3.08. The van der Waals surface area contributed by atoms with E-state index >= 15 is 0 Å². The fourth-order valence-corrected chi connectivity index (χ4v) is 3.42. The molecule has 0 atom stereocenters. The number of azo groups is 1. The van der Waals surface area contributed by atoms with E-state index in [1.165, 1.54) is 0 Å². The van der Waals surface area contributed by atoms with Crippen molar-refractivity contribution in [2.75, 3.05) is 6.54 Å². The van der Waals surface area contributed by atoms with Crippen LogP contribution < -0.4 is 5.32 Å². The van der Waals surface area contributed by atoms with Crippen LogP contribution in [0.15, 0.2) is 89.1 Å². The number of nitrogens with one attached hydrogen (secondary N) is 1. The monoisotopic (exact) mass is 446 g/mol. The van der Waals surface area contributed by atoms with Gasteiger partial charge in [-0.05, 0) is 35.9 Å². The van der Waals surface area contributed by atoms with Crippen LogP contribution in [0.1, 0.15) is 15.9 Å². The molecule has 4 aromatic rings. The first-order valence-electron chi connectivity index (χ1n) is 9.85. The zero-order chi connectivity index (χ0) is 22.5. The van der Waals surface area contributed by atoms with Gasteiger partial charge in [-0.3, -0.25) is 9.59 Å². The highest BCUT2D eigenvalue weighted by Crippen LogP contribution is 2.39. The van der Waals surface area contributed by atoms with Crippen molar-refractivity contribution in [3.05, 3.63) is 95.0 Å². The second kappa shape index (κ2) is 9.45. The molecule has 0 aliphatic heterocycles. The van der Waals surface area contributed by atoms with Crippen LogP contribution in [-0.2, 0) is 11.3 Å². The Hall–Kier alpha value is -3.97. The second-order valence-electron chi connectivity index (χ2n) is 7.04. The molecule has 0 saturated carbocycles. The maximum Gasteiger partial charge on any atom is 0.283 e. The molecule has 8 heteroatoms. The Kier molecular flexibility index (Phi) is 6.28. The number of para-hydroxylation sites is 1. The van der Waals surface area contributed by atoms with E-state index in [1.54, 1.807) is 34.9 Å². The molecule has 0 fully saturated rings. The Morgan fingerprint density at radius 3 is 2.38 bits per heavy atom. The fourth-order valence-electron chi connectivity index (χ4n) is 3.30. The molecule has 0 bridgehead atoms. The first kappa shape index (κ1) is 21.3. The van der Waals surface area contributed by atoms with Gasteiger partial charge < -0.3 is 15.0 Å². The summed E-state index contributed by atoms with van der Waals surface area (Å²) in [6.07, 6.45) is 0. The van der Waals surface area contributed by atoms with Crippen LogP contribution in [0.2, 0.25) is 5.02 Å². The number of halogens is 1. The first-order chi connectivity index (χ1) is 15.5. The van der Waals surface area contributed by atoms with E-state index in [2.05, 4.69) is 15.5 Å². The molecule has 0 spiro atoms. The van der Waals surface area contributed by atoms with Gasteiger partial charge in [-0.2, -0.15) is 0 Å². The van der Waals surface area contributed by atoms with E-state index in [1.807, 2.05) is 48.5 Å². The number of aromatic hydroxyl groups is 1. The van der Waals surface area contributed by atoms with Gasteiger partial charge >= 0.3 is 0 Å². The Morgan fingerprint density at radius 2 is 1.62 bits per heavy atom. The van der Waals surface area contributed by atoms with Crippen LogP contribution in [0.4, 0.5) is 5.69 Å². The molecule has 4 rings (SSSR count). The fraction of sp³-hybridized carbons (Fsp3) is 0.0833. The summed E-state index contributed by atoms with van der Waals surface area (Å²) in [5, 5.41) is 22.1. The number of fused-ring (bicyclic) bond motifs is 1. The van der Waals surface area contributed by atoms with Gasteiger partial charge in [0.25, 0.3) is 11.8 Å². The van der Waals surface area contributed by atoms with E-state index in [0.717, 1.165) is 11.1 Å². The number of rotatable bonds is 6. The highest BCUT2D eigenvalue weighted by atomic mass is 35.5. The quantitative estimate of drug-likeness (QED) is 0.404. The van der Waals surface area contributed by atoms with Crippen molar-refractivity contribution >= 4 is 40.0 Å². The lowest BCUT2D eigenvalue weighted by atomic mass is 10.2. The lowest BCUT2D eigenvalue weighted by Crippen LogP contribution is -2.28. The van der Waals surface area contributed by atoms with Crippen molar-refractivity contribution in [1.82, 2.24) is 9.88 Å². The third kappa shape index (κ3) is 4.68. The molecule has 1 heterocycles.